The van der Waals surface area contributed by atoms with Crippen LogP contribution in [0.5, 0.6) is 0 Å². The van der Waals surface area contributed by atoms with Gasteiger partial charge in [-0.2, -0.15) is 0 Å². The van der Waals surface area contributed by atoms with Gasteiger partial charge in [-0.1, -0.05) is 41.5 Å². The molecule has 0 aliphatic rings. The van der Waals surface area contributed by atoms with Crippen LogP contribution in [0.4, 0.5) is 0 Å². The fraction of sp³-hybridized carbons (Fsp3) is 0.889. The number of nitrogens with one attached hydrogen (secondary N) is 1. The number of hydrogen-bond acceptors (Lipinski definition) is 2. The third-order valence-corrected chi connectivity index (χ3v) is 3.16. The summed E-state index contributed by atoms with van der Waals surface area (Å²) in [5, 5.41) is 3.54. The Balaban J connectivity index is 0. The Morgan fingerprint density at radius 2 is 1.70 bits per heavy atom. The van der Waals surface area contributed by atoms with Crippen molar-refractivity contribution in [1.29, 1.82) is 0 Å². The highest BCUT2D eigenvalue weighted by atomic mass is 15.1. The third-order valence-electron chi connectivity index (χ3n) is 3.16. The van der Waals surface area contributed by atoms with E-state index in [1.165, 1.54) is 13.0 Å². The van der Waals surface area contributed by atoms with Crippen LogP contribution >= 0.6 is 0 Å². The van der Waals surface area contributed by atoms with Gasteiger partial charge in [0.1, 0.15) is 0 Å². The zero-order chi connectivity index (χ0) is 15.8. The maximum absolute atomic E-state index is 3.54. The largest absolute Gasteiger partial charge is 0.316 e. The molecule has 0 aromatic rings. The summed E-state index contributed by atoms with van der Waals surface area (Å²) in [6.07, 6.45) is 2.28. The number of hydrogen-bond donors (Lipinski definition) is 1. The molecule has 0 amide bonds. The molecule has 0 aliphatic heterocycles. The number of nitrogens with zero attached hydrogens (tertiary/aromatic N) is 1. The zero-order valence-corrected chi connectivity index (χ0v) is 15.1. The first-order chi connectivity index (χ1) is 9.60. The Morgan fingerprint density at radius 1 is 1.05 bits per heavy atom. The Bertz CT molecular complexity index is 238. The van der Waals surface area contributed by atoms with Crippen LogP contribution in [0.25, 0.3) is 0 Å². The first kappa shape index (κ1) is 21.8. The Morgan fingerprint density at radius 3 is 2.20 bits per heavy atom. The molecule has 0 bridgehead atoms. The molecule has 2 nitrogen and oxygen atoms in total. The average molecular weight is 283 g/mol. The van der Waals surface area contributed by atoms with Crippen LogP contribution in [0.15, 0.2) is 0 Å². The predicted molar refractivity (Wildman–Crippen MR) is 93.0 cm³/mol. The Kier molecular flexibility index (Phi) is 18.0. The summed E-state index contributed by atoms with van der Waals surface area (Å²) in [7, 11) is 0. The SMILES string of the molecule is CC.CC#CCCN(CC)CCC(C)CNCC(C)C. The van der Waals surface area contributed by atoms with Gasteiger partial charge < -0.3 is 10.2 Å². The molecule has 0 fully saturated rings. The van der Waals surface area contributed by atoms with Crippen molar-refractivity contribution in [3.8, 4) is 11.8 Å². The lowest BCUT2D eigenvalue weighted by molar-refractivity contribution is 0.269. The van der Waals surface area contributed by atoms with Gasteiger partial charge in [-0.05, 0) is 51.4 Å². The van der Waals surface area contributed by atoms with E-state index in [4.69, 9.17) is 0 Å². The predicted octanol–water partition coefficient (Wildman–Crippen LogP) is 4.02. The van der Waals surface area contributed by atoms with Gasteiger partial charge in [0.2, 0.25) is 0 Å². The van der Waals surface area contributed by atoms with E-state index in [-0.39, 0.29) is 0 Å². The molecule has 1 atom stereocenters. The molecule has 0 radical (unpaired) electrons. The number of rotatable bonds is 10. The highest BCUT2D eigenvalue weighted by Gasteiger charge is 2.06. The fourth-order valence-corrected chi connectivity index (χ4v) is 1.89. The van der Waals surface area contributed by atoms with E-state index >= 15 is 0 Å². The highest BCUT2D eigenvalue weighted by Crippen LogP contribution is 2.03. The summed E-state index contributed by atoms with van der Waals surface area (Å²) in [5.41, 5.74) is 0. The molecule has 2 heteroatoms. The van der Waals surface area contributed by atoms with Crippen molar-refractivity contribution in [3.63, 3.8) is 0 Å². The quantitative estimate of drug-likeness (QED) is 0.609. The van der Waals surface area contributed by atoms with Crippen molar-refractivity contribution >= 4 is 0 Å². The standard InChI is InChI=1S/C16H32N2.C2H6/c1-6-8-9-11-18(7-2)12-10-16(5)14-17-13-15(3)4;1-2/h15-17H,7,9-14H2,1-5H3;1-2H3. The smallest absolute Gasteiger partial charge is 0.0216 e. The summed E-state index contributed by atoms with van der Waals surface area (Å²) < 4.78 is 0. The molecule has 0 saturated heterocycles. The molecular formula is C18H38N2. The summed E-state index contributed by atoms with van der Waals surface area (Å²) in [5.74, 6) is 7.61. The molecule has 0 saturated carbocycles. The molecule has 1 N–H and O–H groups in total. The van der Waals surface area contributed by atoms with E-state index in [1.54, 1.807) is 0 Å². The van der Waals surface area contributed by atoms with E-state index < -0.39 is 0 Å². The van der Waals surface area contributed by atoms with E-state index in [2.05, 4.69) is 49.8 Å². The van der Waals surface area contributed by atoms with Crippen LogP contribution in [0.1, 0.15) is 61.3 Å². The average Bonchev–Trinajstić information content (AvgIpc) is 2.44. The van der Waals surface area contributed by atoms with Crippen LogP contribution in [0.3, 0.4) is 0 Å². The van der Waals surface area contributed by atoms with Crippen LogP contribution in [-0.4, -0.2) is 37.6 Å². The zero-order valence-electron chi connectivity index (χ0n) is 15.1. The van der Waals surface area contributed by atoms with Gasteiger partial charge in [-0.25, -0.2) is 0 Å². The van der Waals surface area contributed by atoms with Gasteiger partial charge in [0.05, 0.1) is 0 Å². The summed E-state index contributed by atoms with van der Waals surface area (Å²) in [4.78, 5) is 2.50. The summed E-state index contributed by atoms with van der Waals surface area (Å²) in [6.45, 7) is 20.7. The normalized spacial score (nSPS) is 11.7. The topological polar surface area (TPSA) is 15.3 Å². The van der Waals surface area contributed by atoms with E-state index in [0.29, 0.717) is 0 Å². The van der Waals surface area contributed by atoms with Gasteiger partial charge >= 0.3 is 0 Å². The molecular weight excluding hydrogens is 244 g/mol. The van der Waals surface area contributed by atoms with Gasteiger partial charge in [-0.15, -0.1) is 11.8 Å². The van der Waals surface area contributed by atoms with Crippen LogP contribution in [0.2, 0.25) is 0 Å². The minimum atomic E-state index is 0.747. The minimum Gasteiger partial charge on any atom is -0.316 e. The van der Waals surface area contributed by atoms with E-state index in [0.717, 1.165) is 44.4 Å². The van der Waals surface area contributed by atoms with Crippen LogP contribution < -0.4 is 5.32 Å². The molecule has 0 aromatic carbocycles. The second-order valence-electron chi connectivity index (χ2n) is 5.56. The summed E-state index contributed by atoms with van der Waals surface area (Å²) >= 11 is 0. The Hall–Kier alpha value is -0.520. The van der Waals surface area contributed by atoms with Crippen LogP contribution in [0, 0.1) is 23.7 Å². The fourth-order valence-electron chi connectivity index (χ4n) is 1.89. The molecule has 1 unspecified atom stereocenters. The van der Waals surface area contributed by atoms with Gasteiger partial charge in [0.15, 0.2) is 0 Å². The molecule has 0 aromatic heterocycles. The monoisotopic (exact) mass is 282 g/mol. The molecule has 20 heavy (non-hydrogen) atoms. The first-order valence-corrected chi connectivity index (χ1v) is 8.42. The van der Waals surface area contributed by atoms with Gasteiger partial charge in [0.25, 0.3) is 0 Å². The second-order valence-corrected chi connectivity index (χ2v) is 5.56. The molecule has 120 valence electrons. The Labute approximate surface area is 128 Å². The lowest BCUT2D eigenvalue weighted by Crippen LogP contribution is -2.30. The molecule has 0 spiro atoms. The third kappa shape index (κ3) is 15.5. The van der Waals surface area contributed by atoms with Crippen molar-refractivity contribution in [2.24, 2.45) is 11.8 Å². The highest BCUT2D eigenvalue weighted by molar-refractivity contribution is 4.95. The van der Waals surface area contributed by atoms with Crippen molar-refractivity contribution in [3.05, 3.63) is 0 Å². The minimum absolute atomic E-state index is 0.747. The second kappa shape index (κ2) is 16.5. The molecule has 0 heterocycles. The van der Waals surface area contributed by atoms with Crippen LogP contribution in [-0.2, 0) is 0 Å². The van der Waals surface area contributed by atoms with Crippen molar-refractivity contribution in [1.82, 2.24) is 10.2 Å². The van der Waals surface area contributed by atoms with Crippen molar-refractivity contribution < 1.29 is 0 Å². The van der Waals surface area contributed by atoms with Crippen molar-refractivity contribution in [2.75, 3.05) is 32.7 Å². The maximum Gasteiger partial charge on any atom is 0.0216 e. The maximum atomic E-state index is 3.54. The lowest BCUT2D eigenvalue weighted by Gasteiger charge is -2.22. The first-order valence-electron chi connectivity index (χ1n) is 8.42. The van der Waals surface area contributed by atoms with Gasteiger partial charge in [0, 0.05) is 13.0 Å². The summed E-state index contributed by atoms with van der Waals surface area (Å²) in [6, 6.07) is 0. The van der Waals surface area contributed by atoms with Crippen molar-refractivity contribution in [2.45, 2.75) is 61.3 Å². The molecule has 0 rings (SSSR count). The van der Waals surface area contributed by atoms with E-state index in [1.807, 2.05) is 20.8 Å². The van der Waals surface area contributed by atoms with Gasteiger partial charge in [-0.3, -0.25) is 0 Å². The molecule has 0 aliphatic carbocycles. The lowest BCUT2D eigenvalue weighted by atomic mass is 10.1. The van der Waals surface area contributed by atoms with E-state index in [9.17, 15) is 0 Å².